The van der Waals surface area contributed by atoms with Gasteiger partial charge >= 0.3 is 5.97 Å². The smallest absolute Gasteiger partial charge is 0.309 e. The molecular weight excluding hydrogens is 448 g/mol. The van der Waals surface area contributed by atoms with E-state index in [0.717, 1.165) is 24.1 Å². The van der Waals surface area contributed by atoms with Crippen molar-refractivity contribution in [2.24, 2.45) is 5.92 Å². The van der Waals surface area contributed by atoms with Crippen molar-refractivity contribution in [3.8, 4) is 11.1 Å². The van der Waals surface area contributed by atoms with Crippen molar-refractivity contribution in [3.63, 3.8) is 0 Å². The average molecular weight is 485 g/mol. The van der Waals surface area contributed by atoms with E-state index >= 15 is 0 Å². The van der Waals surface area contributed by atoms with Crippen LogP contribution in [0.3, 0.4) is 0 Å². The van der Waals surface area contributed by atoms with Gasteiger partial charge in [-0.1, -0.05) is 36.4 Å². The Morgan fingerprint density at radius 3 is 2.12 bits per heavy atom. The first-order chi connectivity index (χ1) is 16.4. The van der Waals surface area contributed by atoms with Crippen LogP contribution in [-0.4, -0.2) is 62.4 Å². The molecule has 0 spiro atoms. The van der Waals surface area contributed by atoms with Crippen LogP contribution in [0.4, 0.5) is 0 Å². The number of nitrogens with zero attached hydrogens (tertiary/aromatic N) is 2. The van der Waals surface area contributed by atoms with Crippen LogP contribution in [0.25, 0.3) is 11.1 Å². The number of likely N-dealkylation sites (tertiary alicyclic amines) is 1. The van der Waals surface area contributed by atoms with Crippen molar-refractivity contribution >= 4 is 16.0 Å². The molecule has 0 bridgehead atoms. The van der Waals surface area contributed by atoms with E-state index in [4.69, 9.17) is 4.74 Å². The molecule has 0 N–H and O–H groups in total. The van der Waals surface area contributed by atoms with Gasteiger partial charge in [-0.15, -0.1) is 0 Å². The second-order valence-electron chi connectivity index (χ2n) is 9.43. The fourth-order valence-corrected chi connectivity index (χ4v) is 6.49. The van der Waals surface area contributed by atoms with Crippen LogP contribution in [0.5, 0.6) is 0 Å². The Bertz CT molecular complexity index is 1060. The van der Waals surface area contributed by atoms with Gasteiger partial charge in [-0.25, -0.2) is 8.42 Å². The van der Waals surface area contributed by atoms with Gasteiger partial charge in [0, 0.05) is 25.7 Å². The number of esters is 1. The third-order valence-electron chi connectivity index (χ3n) is 7.23. The minimum Gasteiger partial charge on any atom is -0.466 e. The zero-order chi connectivity index (χ0) is 24.1. The van der Waals surface area contributed by atoms with E-state index in [1.54, 1.807) is 19.1 Å². The number of benzene rings is 2. The van der Waals surface area contributed by atoms with Crippen LogP contribution >= 0.6 is 0 Å². The molecule has 2 heterocycles. The van der Waals surface area contributed by atoms with Crippen LogP contribution in [0.15, 0.2) is 53.4 Å². The molecule has 0 amide bonds. The molecule has 0 radical (unpaired) electrons. The van der Waals surface area contributed by atoms with E-state index in [1.165, 1.54) is 29.3 Å². The van der Waals surface area contributed by atoms with Crippen molar-refractivity contribution in [1.82, 2.24) is 9.21 Å². The number of sulfonamides is 1. The first-order valence-electron chi connectivity index (χ1n) is 12.5. The second kappa shape index (κ2) is 11.0. The van der Waals surface area contributed by atoms with Gasteiger partial charge in [0.2, 0.25) is 10.0 Å². The fourth-order valence-electron chi connectivity index (χ4n) is 5.02. The summed E-state index contributed by atoms with van der Waals surface area (Å²) in [5.41, 5.74) is 3.41. The third-order valence-corrected chi connectivity index (χ3v) is 9.14. The fraction of sp³-hybridized carbons (Fsp3) is 0.519. The summed E-state index contributed by atoms with van der Waals surface area (Å²) >= 11 is 0. The summed E-state index contributed by atoms with van der Waals surface area (Å²) in [6.07, 6.45) is 4.65. The minimum absolute atomic E-state index is 0.213. The highest BCUT2D eigenvalue weighted by Gasteiger charge is 2.32. The van der Waals surface area contributed by atoms with Crippen molar-refractivity contribution in [2.75, 3.05) is 32.8 Å². The molecule has 0 aliphatic carbocycles. The monoisotopic (exact) mass is 484 g/mol. The molecule has 0 aromatic heterocycles. The highest BCUT2D eigenvalue weighted by molar-refractivity contribution is 7.89. The molecule has 7 heteroatoms. The number of piperidine rings is 1. The molecule has 2 aromatic carbocycles. The second-order valence-corrected chi connectivity index (χ2v) is 11.4. The number of rotatable bonds is 8. The Balaban J connectivity index is 1.35. The molecule has 2 aromatic rings. The van der Waals surface area contributed by atoms with Crippen LogP contribution in [0, 0.1) is 5.92 Å². The molecule has 2 aliphatic rings. The lowest BCUT2D eigenvalue weighted by atomic mass is 9.98. The van der Waals surface area contributed by atoms with Gasteiger partial charge in [0.25, 0.3) is 0 Å². The maximum Gasteiger partial charge on any atom is 0.309 e. The van der Waals surface area contributed by atoms with Crippen molar-refractivity contribution in [3.05, 3.63) is 54.1 Å². The van der Waals surface area contributed by atoms with Gasteiger partial charge in [-0.05, 0) is 81.3 Å². The SMILES string of the molecule is CCOC(=O)C1CCN(S(=O)(=O)c2ccc(-c3ccc(CCN4CCC[C@H]4C)cc3)cc2)CC1. The van der Waals surface area contributed by atoms with Crippen LogP contribution in [0.2, 0.25) is 0 Å². The molecule has 2 saturated heterocycles. The van der Waals surface area contributed by atoms with E-state index in [-0.39, 0.29) is 11.9 Å². The Morgan fingerprint density at radius 2 is 1.56 bits per heavy atom. The summed E-state index contributed by atoms with van der Waals surface area (Å²) in [5, 5.41) is 0. The third kappa shape index (κ3) is 5.70. The summed E-state index contributed by atoms with van der Waals surface area (Å²) in [6, 6.07) is 16.4. The van der Waals surface area contributed by atoms with Gasteiger partial charge in [0.1, 0.15) is 0 Å². The van der Waals surface area contributed by atoms with Crippen molar-refractivity contribution in [2.45, 2.75) is 56.9 Å². The highest BCUT2D eigenvalue weighted by Crippen LogP contribution is 2.27. The molecule has 0 unspecified atom stereocenters. The summed E-state index contributed by atoms with van der Waals surface area (Å²) < 4.78 is 32.7. The average Bonchev–Trinajstić information content (AvgIpc) is 3.28. The number of carbonyl (C=O) groups excluding carboxylic acids is 1. The Morgan fingerprint density at radius 1 is 0.941 bits per heavy atom. The quantitative estimate of drug-likeness (QED) is 0.522. The standard InChI is InChI=1S/C27H36N2O4S/c1-3-33-27(30)25-15-19-29(20-16-25)34(31,32)26-12-10-24(11-13-26)23-8-6-22(7-9-23)14-18-28-17-4-5-21(28)2/h6-13,21,25H,3-5,14-20H2,1-2H3/t21-/m1/s1. The number of ether oxygens (including phenoxy) is 1. The molecule has 1 atom stereocenters. The lowest BCUT2D eigenvalue weighted by molar-refractivity contribution is -0.149. The lowest BCUT2D eigenvalue weighted by Gasteiger charge is -2.30. The van der Waals surface area contributed by atoms with E-state index in [0.29, 0.717) is 43.5 Å². The Hall–Kier alpha value is -2.22. The van der Waals surface area contributed by atoms with Crippen molar-refractivity contribution < 1.29 is 17.9 Å². The molecular formula is C27H36N2O4S. The Kier molecular flexibility index (Phi) is 8.06. The van der Waals surface area contributed by atoms with Gasteiger partial charge in [-0.2, -0.15) is 4.31 Å². The molecule has 2 fully saturated rings. The van der Waals surface area contributed by atoms with Gasteiger partial charge < -0.3 is 9.64 Å². The van der Waals surface area contributed by atoms with E-state index < -0.39 is 10.0 Å². The molecule has 184 valence electrons. The molecule has 4 rings (SSSR count). The van der Waals surface area contributed by atoms with E-state index in [1.807, 2.05) is 12.1 Å². The summed E-state index contributed by atoms with van der Waals surface area (Å²) in [6.45, 7) is 7.43. The highest BCUT2D eigenvalue weighted by atomic mass is 32.2. The molecule has 0 saturated carbocycles. The number of carbonyl (C=O) groups is 1. The van der Waals surface area contributed by atoms with Gasteiger partial charge in [0.05, 0.1) is 17.4 Å². The molecule has 6 nitrogen and oxygen atoms in total. The first-order valence-corrected chi connectivity index (χ1v) is 13.9. The van der Waals surface area contributed by atoms with E-state index in [9.17, 15) is 13.2 Å². The van der Waals surface area contributed by atoms with Gasteiger partial charge in [-0.3, -0.25) is 4.79 Å². The summed E-state index contributed by atoms with van der Waals surface area (Å²) in [5.74, 6) is -0.434. The maximum absolute atomic E-state index is 13.1. The van der Waals surface area contributed by atoms with E-state index in [2.05, 4.69) is 36.1 Å². The van der Waals surface area contributed by atoms with Crippen LogP contribution in [0.1, 0.15) is 45.1 Å². The minimum atomic E-state index is -3.57. The number of hydrogen-bond donors (Lipinski definition) is 0. The lowest BCUT2D eigenvalue weighted by Crippen LogP contribution is -2.40. The van der Waals surface area contributed by atoms with Crippen molar-refractivity contribution in [1.29, 1.82) is 0 Å². The van der Waals surface area contributed by atoms with Crippen LogP contribution in [-0.2, 0) is 26.0 Å². The predicted molar refractivity (Wildman–Crippen MR) is 134 cm³/mol. The summed E-state index contributed by atoms with van der Waals surface area (Å²) in [4.78, 5) is 14.8. The van der Waals surface area contributed by atoms with Crippen LogP contribution < -0.4 is 0 Å². The topological polar surface area (TPSA) is 66.9 Å². The zero-order valence-corrected chi connectivity index (χ0v) is 21.1. The number of hydrogen-bond acceptors (Lipinski definition) is 5. The predicted octanol–water partition coefficient (Wildman–Crippen LogP) is 4.34. The first kappa shape index (κ1) is 24.9. The Labute approximate surface area is 204 Å². The zero-order valence-electron chi connectivity index (χ0n) is 20.3. The summed E-state index contributed by atoms with van der Waals surface area (Å²) in [7, 11) is -3.57. The maximum atomic E-state index is 13.1. The molecule has 2 aliphatic heterocycles. The molecule has 34 heavy (non-hydrogen) atoms. The normalized spacial score (nSPS) is 20.5. The van der Waals surface area contributed by atoms with Gasteiger partial charge in [0.15, 0.2) is 0 Å². The largest absolute Gasteiger partial charge is 0.466 e.